The molecule has 4 rings (SSSR count). The number of hydrogen-bond acceptors (Lipinski definition) is 5. The monoisotopic (exact) mass is 612 g/mol. The summed E-state index contributed by atoms with van der Waals surface area (Å²) in [6.07, 6.45) is 5.65. The van der Waals surface area contributed by atoms with Gasteiger partial charge in [-0.2, -0.15) is 0 Å². The van der Waals surface area contributed by atoms with E-state index in [1.54, 1.807) is 12.1 Å². The number of carbonyl (C=O) groups is 3. The van der Waals surface area contributed by atoms with Crippen LogP contribution in [-0.2, 0) is 20.8 Å². The van der Waals surface area contributed by atoms with Crippen LogP contribution in [-0.4, -0.2) is 48.1 Å². The fourth-order valence-corrected chi connectivity index (χ4v) is 6.04. The van der Waals surface area contributed by atoms with E-state index in [-0.39, 0.29) is 30.0 Å². The van der Waals surface area contributed by atoms with Gasteiger partial charge in [0.2, 0.25) is 17.7 Å². The van der Waals surface area contributed by atoms with Crippen LogP contribution in [0.15, 0.2) is 66.7 Å². The van der Waals surface area contributed by atoms with E-state index in [9.17, 15) is 14.4 Å². The Morgan fingerprint density at radius 2 is 1.51 bits per heavy atom. The number of nitrogens with two attached hydrogens (primary N) is 3. The van der Waals surface area contributed by atoms with Crippen LogP contribution in [0.3, 0.4) is 0 Å². The number of carbonyl (C=O) groups excluding carboxylic acids is 3. The maximum Gasteiger partial charge on any atom is 0.243 e. The maximum absolute atomic E-state index is 14.2. The summed E-state index contributed by atoms with van der Waals surface area (Å²) in [5, 5.41) is 25.7. The molecule has 0 bridgehead atoms. The van der Waals surface area contributed by atoms with Crippen molar-refractivity contribution in [2.45, 2.75) is 69.4 Å². The summed E-state index contributed by atoms with van der Waals surface area (Å²) < 4.78 is 0. The first-order valence-corrected chi connectivity index (χ1v) is 15.5. The van der Waals surface area contributed by atoms with Gasteiger partial charge in [0, 0.05) is 12.1 Å². The number of amidine groups is 1. The van der Waals surface area contributed by atoms with Crippen molar-refractivity contribution in [2.24, 2.45) is 23.1 Å². The first-order chi connectivity index (χ1) is 21.6. The van der Waals surface area contributed by atoms with E-state index in [0.717, 1.165) is 54.0 Å². The van der Waals surface area contributed by atoms with E-state index >= 15 is 0 Å². The third-order valence-electron chi connectivity index (χ3n) is 8.54. The topological polar surface area (TPSA) is 213 Å². The van der Waals surface area contributed by atoms with Crippen molar-refractivity contribution in [3.63, 3.8) is 0 Å². The highest BCUT2D eigenvalue weighted by Crippen LogP contribution is 2.29. The summed E-state index contributed by atoms with van der Waals surface area (Å²) in [5.74, 6) is -2.27. The number of amides is 3. The van der Waals surface area contributed by atoms with Crippen molar-refractivity contribution in [1.82, 2.24) is 16.0 Å². The van der Waals surface area contributed by atoms with Crippen LogP contribution in [0, 0.1) is 16.7 Å². The molecule has 1 aliphatic carbocycles. The van der Waals surface area contributed by atoms with Crippen LogP contribution in [0.1, 0.15) is 67.6 Å². The second-order valence-corrected chi connectivity index (χ2v) is 11.8. The highest BCUT2D eigenvalue weighted by Gasteiger charge is 2.35. The van der Waals surface area contributed by atoms with E-state index in [4.69, 9.17) is 28.0 Å². The zero-order chi connectivity index (χ0) is 32.3. The van der Waals surface area contributed by atoms with E-state index in [1.807, 2.05) is 54.6 Å². The highest BCUT2D eigenvalue weighted by molar-refractivity contribution is 5.95. The summed E-state index contributed by atoms with van der Waals surface area (Å²) in [5.41, 5.74) is 18.9. The number of benzene rings is 3. The Hall–Kier alpha value is -4.93. The number of nitrogens with one attached hydrogen (secondary N) is 5. The second kappa shape index (κ2) is 15.7. The van der Waals surface area contributed by atoms with Crippen LogP contribution in [0.25, 0.3) is 10.8 Å². The smallest absolute Gasteiger partial charge is 0.243 e. The predicted molar refractivity (Wildman–Crippen MR) is 177 cm³/mol. The molecule has 3 atom stereocenters. The summed E-state index contributed by atoms with van der Waals surface area (Å²) >= 11 is 0. The molecule has 11 heteroatoms. The lowest BCUT2D eigenvalue weighted by molar-refractivity contribution is -0.133. The highest BCUT2D eigenvalue weighted by atomic mass is 16.2. The lowest BCUT2D eigenvalue weighted by Gasteiger charge is -2.32. The lowest BCUT2D eigenvalue weighted by atomic mass is 9.82. The van der Waals surface area contributed by atoms with Crippen molar-refractivity contribution in [2.75, 3.05) is 6.54 Å². The average Bonchev–Trinajstić information content (AvgIpc) is 3.03. The molecule has 3 aromatic rings. The zero-order valence-corrected chi connectivity index (χ0v) is 25.5. The van der Waals surface area contributed by atoms with Gasteiger partial charge in [-0.25, -0.2) is 0 Å². The van der Waals surface area contributed by atoms with Crippen LogP contribution in [0.4, 0.5) is 0 Å². The van der Waals surface area contributed by atoms with Crippen LogP contribution in [0.2, 0.25) is 0 Å². The Morgan fingerprint density at radius 3 is 2.16 bits per heavy atom. The van der Waals surface area contributed by atoms with Gasteiger partial charge in [-0.15, -0.1) is 0 Å². The van der Waals surface area contributed by atoms with Crippen molar-refractivity contribution in [1.29, 1.82) is 10.8 Å². The largest absolute Gasteiger partial charge is 0.384 e. The number of hydrogen-bond donors (Lipinski definition) is 8. The maximum atomic E-state index is 14.2. The van der Waals surface area contributed by atoms with Gasteiger partial charge >= 0.3 is 0 Å². The van der Waals surface area contributed by atoms with Crippen molar-refractivity contribution < 1.29 is 14.4 Å². The molecular formula is C34H44N8O3. The fraction of sp³-hybridized carbons (Fsp3) is 0.382. The van der Waals surface area contributed by atoms with Crippen LogP contribution >= 0.6 is 0 Å². The fourth-order valence-electron chi connectivity index (χ4n) is 6.04. The SMILES string of the molecule is N=C(N)NCCC[C@H](NC(=O)[C@@H](NC(=O)[C@H](Cc1ccc(C(=N)N)cc1)c1ccc2ccccc2c1)C1CCCCC1)C(N)=O. The van der Waals surface area contributed by atoms with Crippen LogP contribution in [0.5, 0.6) is 0 Å². The van der Waals surface area contributed by atoms with Crippen molar-refractivity contribution in [3.05, 3.63) is 83.4 Å². The van der Waals surface area contributed by atoms with E-state index in [1.165, 1.54) is 0 Å². The van der Waals surface area contributed by atoms with E-state index in [2.05, 4.69) is 16.0 Å². The second-order valence-electron chi connectivity index (χ2n) is 11.8. The van der Waals surface area contributed by atoms with Gasteiger partial charge < -0.3 is 33.2 Å². The van der Waals surface area contributed by atoms with Gasteiger partial charge in [0.15, 0.2) is 5.96 Å². The minimum Gasteiger partial charge on any atom is -0.384 e. The summed E-state index contributed by atoms with van der Waals surface area (Å²) in [6, 6.07) is 19.4. The van der Waals surface area contributed by atoms with Gasteiger partial charge in [-0.05, 0) is 59.9 Å². The molecule has 11 nitrogen and oxygen atoms in total. The molecule has 3 amide bonds. The Balaban J connectivity index is 1.60. The molecular weight excluding hydrogens is 568 g/mol. The van der Waals surface area contributed by atoms with Gasteiger partial charge in [-0.3, -0.25) is 25.2 Å². The molecule has 0 spiro atoms. The Morgan fingerprint density at radius 1 is 0.822 bits per heavy atom. The molecule has 0 saturated heterocycles. The Labute approximate surface area is 263 Å². The average molecular weight is 613 g/mol. The van der Waals surface area contributed by atoms with Gasteiger partial charge in [0.25, 0.3) is 0 Å². The molecule has 0 aliphatic heterocycles. The van der Waals surface area contributed by atoms with Crippen molar-refractivity contribution >= 4 is 40.3 Å². The molecule has 238 valence electrons. The Kier molecular flexibility index (Phi) is 11.5. The van der Waals surface area contributed by atoms with Gasteiger partial charge in [0.1, 0.15) is 17.9 Å². The standard InChI is InChI=1S/C34H44N8O3/c35-30(36)24-14-12-21(13-15-24)19-27(26-17-16-22-7-4-5-10-25(22)20-26)32(44)42-29(23-8-2-1-3-9-23)33(45)41-28(31(37)43)11-6-18-40-34(38)39/h4-5,7,10,12-17,20,23,27-29H,1-3,6,8-9,11,18-19H2,(H3,35,36)(H2,37,43)(H,41,45)(H,42,44)(H4,38,39,40)/t27-,28+,29+/m1/s1. The minimum atomic E-state index is -0.926. The molecule has 3 aromatic carbocycles. The summed E-state index contributed by atoms with van der Waals surface area (Å²) in [6.45, 7) is 0.360. The number of fused-ring (bicyclic) bond motifs is 1. The predicted octanol–water partition coefficient (Wildman–Crippen LogP) is 2.75. The third-order valence-corrected chi connectivity index (χ3v) is 8.54. The zero-order valence-electron chi connectivity index (χ0n) is 25.5. The minimum absolute atomic E-state index is 0.0314. The summed E-state index contributed by atoms with van der Waals surface area (Å²) in [7, 11) is 0. The van der Waals surface area contributed by atoms with Crippen LogP contribution < -0.4 is 33.2 Å². The first kappa shape index (κ1) is 33.0. The molecule has 1 aliphatic rings. The van der Waals surface area contributed by atoms with Gasteiger partial charge in [-0.1, -0.05) is 86.0 Å². The summed E-state index contributed by atoms with van der Waals surface area (Å²) in [4.78, 5) is 40.3. The van der Waals surface area contributed by atoms with Crippen molar-refractivity contribution in [3.8, 4) is 0 Å². The van der Waals surface area contributed by atoms with Gasteiger partial charge in [0.05, 0.1) is 5.92 Å². The molecule has 11 N–H and O–H groups in total. The molecule has 0 unspecified atom stereocenters. The normalized spacial score (nSPS) is 15.4. The third kappa shape index (κ3) is 9.28. The first-order valence-electron chi connectivity index (χ1n) is 15.5. The van der Waals surface area contributed by atoms with E-state index < -0.39 is 29.8 Å². The molecule has 1 saturated carbocycles. The quantitative estimate of drug-likeness (QED) is 0.0778. The lowest BCUT2D eigenvalue weighted by Crippen LogP contribution is -2.56. The van der Waals surface area contributed by atoms with E-state index in [0.29, 0.717) is 24.9 Å². The molecule has 0 radical (unpaired) electrons. The number of guanidine groups is 1. The number of rotatable bonds is 14. The molecule has 0 aromatic heterocycles. The number of nitrogen functional groups attached to an aromatic ring is 1. The molecule has 45 heavy (non-hydrogen) atoms. The number of primary amides is 1. The molecule has 0 heterocycles. The Bertz CT molecular complexity index is 1520. The molecule has 1 fully saturated rings.